The summed E-state index contributed by atoms with van der Waals surface area (Å²) in [5.41, 5.74) is 1.50. The molecule has 1 atom stereocenters. The van der Waals surface area contributed by atoms with Crippen LogP contribution in [0.4, 0.5) is 0 Å². The number of ether oxygens (including phenoxy) is 1. The van der Waals surface area contributed by atoms with E-state index in [4.69, 9.17) is 4.74 Å². The molecule has 0 spiro atoms. The van der Waals surface area contributed by atoms with Crippen LogP contribution in [0, 0.1) is 0 Å². The molecule has 1 heterocycles. The van der Waals surface area contributed by atoms with E-state index in [9.17, 15) is 18.6 Å². The highest BCUT2D eigenvalue weighted by molar-refractivity contribution is 7.90. The molecule has 2 aromatic carbocycles. The van der Waals surface area contributed by atoms with Crippen molar-refractivity contribution in [3.8, 4) is 0 Å². The second kappa shape index (κ2) is 7.14. The second-order valence-corrected chi connectivity index (χ2v) is 8.15. The highest BCUT2D eigenvalue weighted by Gasteiger charge is 2.46. The number of hydrogen-bond donors (Lipinski definition) is 2. The summed E-state index contributed by atoms with van der Waals surface area (Å²) < 4.78 is 35.3. The maximum absolute atomic E-state index is 12.8. The molecule has 2 aliphatic rings. The van der Waals surface area contributed by atoms with Gasteiger partial charge in [0.2, 0.25) is 5.79 Å². The molecular weight excluding hydrogens is 380 g/mol. The smallest absolute Gasteiger partial charge is 0.282 e. The summed E-state index contributed by atoms with van der Waals surface area (Å²) in [5, 5.41) is 20.6. The quantitative estimate of drug-likeness (QED) is 0.801. The Kier molecular flexibility index (Phi) is 4.80. The Balaban J connectivity index is 1.90. The molecule has 0 aromatic heterocycles. The molecule has 1 saturated heterocycles. The molecule has 0 unspecified atom stereocenters. The molecule has 1 aliphatic carbocycles. The molecule has 1 fully saturated rings. The number of hydrogen-bond acceptors (Lipinski definition) is 6. The molecule has 0 radical (unpaired) electrons. The van der Waals surface area contributed by atoms with E-state index in [-0.39, 0.29) is 23.8 Å². The first kappa shape index (κ1) is 18.8. The minimum absolute atomic E-state index is 0.0892. The average Bonchev–Trinajstić information content (AvgIpc) is 2.70. The standard InChI is InChI=1S/C20H20N2O5S/c23-12-10-22-11-13-27-20(24)17-9-5-4-8-16(17)18(14-19(20)22)21-28(25,26)15-6-2-1-3-7-15/h1-9,14,23-24H,10-13H2/t20-/m1/s1. The maximum Gasteiger partial charge on any atom is 0.282 e. The Bertz CT molecular complexity index is 1050. The predicted molar refractivity (Wildman–Crippen MR) is 103 cm³/mol. The zero-order chi connectivity index (χ0) is 19.8. The number of β-amino-alcohol motifs (C(OH)–C–C–N with tert-alkyl or cyclic N) is 1. The van der Waals surface area contributed by atoms with Crippen LogP contribution in [0.5, 0.6) is 0 Å². The van der Waals surface area contributed by atoms with Crippen molar-refractivity contribution in [3.63, 3.8) is 0 Å². The molecule has 4 rings (SSSR count). The van der Waals surface area contributed by atoms with Crippen LogP contribution in [0.25, 0.3) is 0 Å². The van der Waals surface area contributed by atoms with Crippen LogP contribution in [-0.4, -0.2) is 55.5 Å². The number of sulfonamides is 1. The SMILES string of the molecule is O=S(=O)(N=C1C=C2N(CCO)CCO[C@]2(O)c2ccccc21)c1ccccc1. The summed E-state index contributed by atoms with van der Waals surface area (Å²) in [6.45, 7) is 0.925. The van der Waals surface area contributed by atoms with E-state index in [0.717, 1.165) is 0 Å². The lowest BCUT2D eigenvalue weighted by atomic mass is 9.86. The zero-order valence-electron chi connectivity index (χ0n) is 15.0. The molecular formula is C20H20N2O5S. The van der Waals surface area contributed by atoms with Crippen molar-refractivity contribution >= 4 is 15.7 Å². The van der Waals surface area contributed by atoms with Gasteiger partial charge < -0.3 is 19.8 Å². The Morgan fingerprint density at radius 3 is 2.57 bits per heavy atom. The number of aliphatic hydroxyl groups is 2. The van der Waals surface area contributed by atoms with Crippen molar-refractivity contribution in [1.29, 1.82) is 0 Å². The Hall–Kier alpha value is -2.52. The van der Waals surface area contributed by atoms with E-state index >= 15 is 0 Å². The average molecular weight is 400 g/mol. The van der Waals surface area contributed by atoms with Crippen LogP contribution in [0.15, 0.2) is 75.7 Å². The summed E-state index contributed by atoms with van der Waals surface area (Å²) >= 11 is 0. The van der Waals surface area contributed by atoms with Gasteiger partial charge in [0.05, 0.1) is 29.5 Å². The number of allylic oxidation sites excluding steroid dienone is 1. The van der Waals surface area contributed by atoms with Gasteiger partial charge in [0.25, 0.3) is 10.0 Å². The molecule has 0 bridgehead atoms. The monoisotopic (exact) mass is 400 g/mol. The van der Waals surface area contributed by atoms with Crippen molar-refractivity contribution in [3.05, 3.63) is 77.5 Å². The van der Waals surface area contributed by atoms with Gasteiger partial charge in [-0.1, -0.05) is 42.5 Å². The fourth-order valence-electron chi connectivity index (χ4n) is 3.53. The number of nitrogens with zero attached hydrogens (tertiary/aromatic N) is 2. The molecule has 0 saturated carbocycles. The summed E-state index contributed by atoms with van der Waals surface area (Å²) in [6.07, 6.45) is 1.53. The van der Waals surface area contributed by atoms with E-state index < -0.39 is 15.8 Å². The first-order valence-electron chi connectivity index (χ1n) is 8.90. The first-order chi connectivity index (χ1) is 13.5. The largest absolute Gasteiger partial charge is 0.395 e. The van der Waals surface area contributed by atoms with Crippen LogP contribution >= 0.6 is 0 Å². The van der Waals surface area contributed by atoms with Crippen LogP contribution in [-0.2, 0) is 20.5 Å². The minimum atomic E-state index is -3.94. The van der Waals surface area contributed by atoms with Gasteiger partial charge in [0.1, 0.15) is 0 Å². The van der Waals surface area contributed by atoms with Crippen LogP contribution in [0.3, 0.4) is 0 Å². The summed E-state index contributed by atoms with van der Waals surface area (Å²) in [4.78, 5) is 1.87. The van der Waals surface area contributed by atoms with Gasteiger partial charge in [0, 0.05) is 24.2 Å². The summed E-state index contributed by atoms with van der Waals surface area (Å²) in [7, 11) is -3.94. The molecule has 2 N–H and O–H groups in total. The maximum atomic E-state index is 12.8. The highest BCUT2D eigenvalue weighted by atomic mass is 32.2. The minimum Gasteiger partial charge on any atom is -0.395 e. The van der Waals surface area contributed by atoms with Crippen LogP contribution < -0.4 is 0 Å². The van der Waals surface area contributed by atoms with E-state index in [1.807, 2.05) is 0 Å². The van der Waals surface area contributed by atoms with Gasteiger partial charge in [-0.3, -0.25) is 0 Å². The predicted octanol–water partition coefficient (Wildman–Crippen LogP) is 1.23. The number of fused-ring (bicyclic) bond motifs is 3. The molecule has 2 aromatic rings. The van der Waals surface area contributed by atoms with Crippen LogP contribution in [0.2, 0.25) is 0 Å². The Morgan fingerprint density at radius 2 is 1.82 bits per heavy atom. The van der Waals surface area contributed by atoms with E-state index in [0.29, 0.717) is 29.9 Å². The number of morpholine rings is 1. The third-order valence-corrected chi connectivity index (χ3v) is 6.14. The number of benzene rings is 2. The molecule has 146 valence electrons. The van der Waals surface area contributed by atoms with E-state index in [1.54, 1.807) is 47.4 Å². The molecule has 7 nitrogen and oxygen atoms in total. The molecule has 1 aliphatic heterocycles. The Labute approximate surface area is 163 Å². The fraction of sp³-hybridized carbons (Fsp3) is 0.250. The lowest BCUT2D eigenvalue weighted by Gasteiger charge is -2.45. The van der Waals surface area contributed by atoms with Gasteiger partial charge in [-0.05, 0) is 18.2 Å². The van der Waals surface area contributed by atoms with Gasteiger partial charge in [-0.25, -0.2) is 0 Å². The van der Waals surface area contributed by atoms with Gasteiger partial charge >= 0.3 is 0 Å². The van der Waals surface area contributed by atoms with Crippen molar-refractivity contribution in [1.82, 2.24) is 4.90 Å². The normalized spacial score (nSPS) is 23.1. The molecule has 0 amide bonds. The molecule has 28 heavy (non-hydrogen) atoms. The number of rotatable bonds is 4. The second-order valence-electron chi connectivity index (χ2n) is 6.54. The zero-order valence-corrected chi connectivity index (χ0v) is 15.8. The lowest BCUT2D eigenvalue weighted by Crippen LogP contribution is -2.50. The van der Waals surface area contributed by atoms with E-state index in [1.165, 1.54) is 18.2 Å². The summed E-state index contributed by atoms with van der Waals surface area (Å²) in [6, 6.07) is 14.9. The van der Waals surface area contributed by atoms with Gasteiger partial charge in [0.15, 0.2) is 0 Å². The topological polar surface area (TPSA) is 99.4 Å². The van der Waals surface area contributed by atoms with Crippen LogP contribution in [0.1, 0.15) is 11.1 Å². The lowest BCUT2D eigenvalue weighted by molar-refractivity contribution is -0.219. The third-order valence-electron chi connectivity index (χ3n) is 4.83. The van der Waals surface area contributed by atoms with Crippen molar-refractivity contribution in [2.24, 2.45) is 4.40 Å². The van der Waals surface area contributed by atoms with Crippen molar-refractivity contribution in [2.45, 2.75) is 10.7 Å². The number of aliphatic hydroxyl groups excluding tert-OH is 1. The summed E-state index contributed by atoms with van der Waals surface area (Å²) in [5.74, 6) is -1.71. The highest BCUT2D eigenvalue weighted by Crippen LogP contribution is 2.41. The van der Waals surface area contributed by atoms with Crippen molar-refractivity contribution < 1.29 is 23.4 Å². The third kappa shape index (κ3) is 3.14. The fourth-order valence-corrected chi connectivity index (χ4v) is 4.55. The first-order valence-corrected chi connectivity index (χ1v) is 10.3. The van der Waals surface area contributed by atoms with Crippen molar-refractivity contribution in [2.75, 3.05) is 26.3 Å². The molecule has 8 heteroatoms. The Morgan fingerprint density at radius 1 is 1.11 bits per heavy atom. The van der Waals surface area contributed by atoms with Gasteiger partial charge in [-0.15, -0.1) is 0 Å². The van der Waals surface area contributed by atoms with E-state index in [2.05, 4.69) is 4.40 Å². The van der Waals surface area contributed by atoms with Gasteiger partial charge in [-0.2, -0.15) is 12.8 Å².